The Hall–Kier alpha value is -1.43. The van der Waals surface area contributed by atoms with E-state index in [0.717, 1.165) is 39.0 Å². The van der Waals surface area contributed by atoms with Gasteiger partial charge in [0.15, 0.2) is 0 Å². The first-order chi connectivity index (χ1) is 12.1. The molecule has 5 heteroatoms. The van der Waals surface area contributed by atoms with Crippen LogP contribution in [0, 0.1) is 0 Å². The van der Waals surface area contributed by atoms with Crippen molar-refractivity contribution in [3.8, 4) is 0 Å². The highest BCUT2D eigenvalue weighted by atomic mass is 16.4. The molecule has 2 heterocycles. The number of carboxylic acid groups (broad SMARTS) is 1. The molecule has 1 aliphatic carbocycles. The van der Waals surface area contributed by atoms with Crippen molar-refractivity contribution in [3.63, 3.8) is 0 Å². The minimum absolute atomic E-state index is 0.127. The van der Waals surface area contributed by atoms with Gasteiger partial charge in [0, 0.05) is 44.2 Å². The number of carboxylic acids is 1. The van der Waals surface area contributed by atoms with Gasteiger partial charge in [0.25, 0.3) is 0 Å². The van der Waals surface area contributed by atoms with E-state index in [-0.39, 0.29) is 12.0 Å². The maximum atomic E-state index is 11.3. The molecule has 3 fully saturated rings. The van der Waals surface area contributed by atoms with Crippen LogP contribution in [0.5, 0.6) is 0 Å². The van der Waals surface area contributed by atoms with Crippen molar-refractivity contribution in [1.82, 2.24) is 15.1 Å². The summed E-state index contributed by atoms with van der Waals surface area (Å²) in [6.07, 6.45) is 3.78. The SMILES string of the molecule is CN1CC(CC(=O)O)(N2CCC(N[C@@H]3C[C@@H]3c3ccccc3)CC2)C1. The van der Waals surface area contributed by atoms with E-state index >= 15 is 0 Å². The van der Waals surface area contributed by atoms with Crippen molar-refractivity contribution < 1.29 is 9.90 Å². The average molecular weight is 343 g/mol. The summed E-state index contributed by atoms with van der Waals surface area (Å²) >= 11 is 0. The molecule has 0 aromatic heterocycles. The molecular formula is C20H29N3O2. The number of benzene rings is 1. The highest BCUT2D eigenvalue weighted by molar-refractivity contribution is 5.69. The topological polar surface area (TPSA) is 55.8 Å². The molecule has 2 atom stereocenters. The van der Waals surface area contributed by atoms with Crippen LogP contribution in [0.2, 0.25) is 0 Å². The summed E-state index contributed by atoms with van der Waals surface area (Å²) in [4.78, 5) is 16.0. The molecule has 5 nitrogen and oxygen atoms in total. The Morgan fingerprint density at radius 3 is 2.52 bits per heavy atom. The fraction of sp³-hybridized carbons (Fsp3) is 0.650. The van der Waals surface area contributed by atoms with Crippen molar-refractivity contribution in [1.29, 1.82) is 0 Å². The second-order valence-corrected chi connectivity index (χ2v) is 8.25. The van der Waals surface area contributed by atoms with E-state index in [0.29, 0.717) is 18.0 Å². The lowest BCUT2D eigenvalue weighted by atomic mass is 9.83. The van der Waals surface area contributed by atoms with Crippen LogP contribution in [-0.2, 0) is 4.79 Å². The van der Waals surface area contributed by atoms with Gasteiger partial charge in [-0.15, -0.1) is 0 Å². The monoisotopic (exact) mass is 343 g/mol. The minimum atomic E-state index is -0.669. The van der Waals surface area contributed by atoms with Crippen molar-refractivity contribution in [2.75, 3.05) is 33.2 Å². The predicted molar refractivity (Wildman–Crippen MR) is 97.8 cm³/mol. The largest absolute Gasteiger partial charge is 0.481 e. The van der Waals surface area contributed by atoms with Crippen LogP contribution in [0.3, 0.4) is 0 Å². The minimum Gasteiger partial charge on any atom is -0.481 e. The Balaban J connectivity index is 1.27. The van der Waals surface area contributed by atoms with Crippen LogP contribution in [0.4, 0.5) is 0 Å². The summed E-state index contributed by atoms with van der Waals surface area (Å²) in [5.74, 6) is 0.00916. The molecule has 0 unspecified atom stereocenters. The van der Waals surface area contributed by atoms with Gasteiger partial charge in [0.1, 0.15) is 0 Å². The quantitative estimate of drug-likeness (QED) is 0.824. The average Bonchev–Trinajstić information content (AvgIpc) is 3.33. The van der Waals surface area contributed by atoms with Crippen LogP contribution in [0.15, 0.2) is 30.3 Å². The third-order valence-electron chi connectivity index (χ3n) is 6.24. The van der Waals surface area contributed by atoms with Crippen molar-refractivity contribution >= 4 is 5.97 Å². The number of nitrogens with zero attached hydrogens (tertiary/aromatic N) is 2. The molecule has 0 bridgehead atoms. The van der Waals surface area contributed by atoms with Crippen LogP contribution in [-0.4, -0.2) is 71.7 Å². The molecule has 0 amide bonds. The summed E-state index contributed by atoms with van der Waals surface area (Å²) in [7, 11) is 2.07. The number of likely N-dealkylation sites (N-methyl/N-ethyl adjacent to an activating group) is 1. The maximum absolute atomic E-state index is 11.3. The normalized spacial score (nSPS) is 30.0. The first kappa shape index (κ1) is 17.0. The molecule has 25 heavy (non-hydrogen) atoms. The fourth-order valence-electron chi connectivity index (χ4n) is 4.93. The molecule has 2 N–H and O–H groups in total. The van der Waals surface area contributed by atoms with Crippen molar-refractivity contribution in [2.24, 2.45) is 0 Å². The molecule has 0 radical (unpaired) electrons. The third-order valence-corrected chi connectivity index (χ3v) is 6.24. The molecule has 4 rings (SSSR count). The maximum Gasteiger partial charge on any atom is 0.305 e. The zero-order chi connectivity index (χ0) is 17.4. The molecule has 2 aliphatic heterocycles. The van der Waals surface area contributed by atoms with Gasteiger partial charge in [-0.2, -0.15) is 0 Å². The van der Waals surface area contributed by atoms with E-state index < -0.39 is 5.97 Å². The Bertz CT molecular complexity index is 607. The van der Waals surface area contributed by atoms with Crippen molar-refractivity contribution in [3.05, 3.63) is 35.9 Å². The zero-order valence-corrected chi connectivity index (χ0v) is 15.0. The van der Waals surface area contributed by atoms with E-state index in [2.05, 4.69) is 52.5 Å². The van der Waals surface area contributed by atoms with Gasteiger partial charge in [-0.1, -0.05) is 30.3 Å². The Labute approximate surface area is 150 Å². The summed E-state index contributed by atoms with van der Waals surface area (Å²) < 4.78 is 0. The second kappa shape index (κ2) is 6.71. The fourth-order valence-corrected chi connectivity index (χ4v) is 4.93. The van der Waals surface area contributed by atoms with Crippen LogP contribution < -0.4 is 5.32 Å². The molecular weight excluding hydrogens is 314 g/mol. The molecule has 2 saturated heterocycles. The number of aliphatic carboxylic acids is 1. The standard InChI is InChI=1S/C20H29N3O2/c1-22-13-20(14-22,12-19(24)25)23-9-7-16(8-10-23)21-18-11-17(18)15-5-3-2-4-6-15/h2-6,16-18,21H,7-14H2,1H3,(H,24,25)/t17-,18-/m1/s1. The van der Waals surface area contributed by atoms with Gasteiger partial charge >= 0.3 is 5.97 Å². The summed E-state index contributed by atoms with van der Waals surface area (Å²) in [6, 6.07) is 12.0. The van der Waals surface area contributed by atoms with E-state index in [1.807, 2.05) is 0 Å². The summed E-state index contributed by atoms with van der Waals surface area (Å²) in [6.45, 7) is 3.80. The second-order valence-electron chi connectivity index (χ2n) is 8.25. The first-order valence-electron chi connectivity index (χ1n) is 9.52. The molecule has 0 spiro atoms. The molecule has 136 valence electrons. The smallest absolute Gasteiger partial charge is 0.305 e. The van der Waals surface area contributed by atoms with Gasteiger partial charge in [0.2, 0.25) is 0 Å². The molecule has 1 saturated carbocycles. The highest BCUT2D eigenvalue weighted by Crippen LogP contribution is 2.41. The third kappa shape index (κ3) is 3.59. The molecule has 1 aromatic rings. The predicted octanol–water partition coefficient (Wildman–Crippen LogP) is 1.76. The van der Waals surface area contributed by atoms with Crippen LogP contribution >= 0.6 is 0 Å². The Kier molecular flexibility index (Phi) is 4.56. The number of carbonyl (C=O) groups is 1. The number of hydrogen-bond acceptors (Lipinski definition) is 4. The lowest BCUT2D eigenvalue weighted by Crippen LogP contribution is -2.71. The van der Waals surface area contributed by atoms with Gasteiger partial charge < -0.3 is 15.3 Å². The lowest BCUT2D eigenvalue weighted by molar-refractivity contribution is -0.146. The summed E-state index contributed by atoms with van der Waals surface area (Å²) in [5.41, 5.74) is 1.33. The lowest BCUT2D eigenvalue weighted by Gasteiger charge is -2.56. The number of piperidine rings is 1. The number of hydrogen-bond donors (Lipinski definition) is 2. The van der Waals surface area contributed by atoms with Crippen LogP contribution in [0.1, 0.15) is 37.2 Å². The first-order valence-corrected chi connectivity index (χ1v) is 9.52. The van der Waals surface area contributed by atoms with Crippen LogP contribution in [0.25, 0.3) is 0 Å². The number of nitrogens with one attached hydrogen (secondary N) is 1. The van der Waals surface area contributed by atoms with Gasteiger partial charge in [-0.3, -0.25) is 9.69 Å². The zero-order valence-electron chi connectivity index (χ0n) is 15.0. The highest BCUT2D eigenvalue weighted by Gasteiger charge is 2.48. The van der Waals surface area contributed by atoms with Gasteiger partial charge in [-0.05, 0) is 31.9 Å². The Morgan fingerprint density at radius 2 is 1.92 bits per heavy atom. The summed E-state index contributed by atoms with van der Waals surface area (Å²) in [5, 5.41) is 13.1. The van der Waals surface area contributed by atoms with Crippen molar-refractivity contribution in [2.45, 2.75) is 49.2 Å². The van der Waals surface area contributed by atoms with E-state index in [1.165, 1.54) is 12.0 Å². The van der Waals surface area contributed by atoms with Gasteiger partial charge in [0.05, 0.1) is 12.0 Å². The molecule has 1 aromatic carbocycles. The van der Waals surface area contributed by atoms with E-state index in [9.17, 15) is 9.90 Å². The Morgan fingerprint density at radius 1 is 1.24 bits per heavy atom. The molecule has 3 aliphatic rings. The number of rotatable bonds is 6. The van der Waals surface area contributed by atoms with Gasteiger partial charge in [-0.25, -0.2) is 0 Å². The van der Waals surface area contributed by atoms with E-state index in [1.54, 1.807) is 0 Å². The van der Waals surface area contributed by atoms with E-state index in [4.69, 9.17) is 0 Å². The number of likely N-dealkylation sites (tertiary alicyclic amines) is 2.